The monoisotopic (exact) mass is 479 g/mol. The fourth-order valence-electron chi connectivity index (χ4n) is 3.41. The lowest BCUT2D eigenvalue weighted by atomic mass is 10.1. The van der Waals surface area contributed by atoms with E-state index >= 15 is 0 Å². The highest BCUT2D eigenvalue weighted by molar-refractivity contribution is 14.0. The van der Waals surface area contributed by atoms with Crippen molar-refractivity contribution in [3.8, 4) is 0 Å². The highest BCUT2D eigenvalue weighted by atomic mass is 127. The van der Waals surface area contributed by atoms with Gasteiger partial charge < -0.3 is 16.0 Å². The third-order valence-corrected chi connectivity index (χ3v) is 4.67. The first-order chi connectivity index (χ1) is 12.6. The summed E-state index contributed by atoms with van der Waals surface area (Å²) in [5, 5.41) is 3.16. The molecule has 146 valence electrons. The molecule has 0 unspecified atom stereocenters. The summed E-state index contributed by atoms with van der Waals surface area (Å²) in [7, 11) is 0. The number of aryl methyl sites for hydroxylation is 2. The molecule has 1 saturated heterocycles. The molecule has 3 rings (SSSR count). The van der Waals surface area contributed by atoms with Gasteiger partial charge in [-0.05, 0) is 61.6 Å². The van der Waals surface area contributed by atoms with Crippen molar-refractivity contribution in [3.05, 3.63) is 53.2 Å². The minimum Gasteiger partial charge on any atom is -0.370 e. The lowest BCUT2D eigenvalue weighted by Gasteiger charge is -2.21. The number of guanidine groups is 1. The number of nitrogens with one attached hydrogen (secondary N) is 1. The summed E-state index contributed by atoms with van der Waals surface area (Å²) in [5.74, 6) is 1.49. The van der Waals surface area contributed by atoms with Crippen molar-refractivity contribution in [1.29, 1.82) is 0 Å². The third-order valence-electron chi connectivity index (χ3n) is 4.67. The Kier molecular flexibility index (Phi) is 8.34. The minimum absolute atomic E-state index is 0. The van der Waals surface area contributed by atoms with Crippen LogP contribution in [0.15, 0.2) is 41.5 Å². The van der Waals surface area contributed by atoms with Gasteiger partial charge >= 0.3 is 0 Å². The molecular formula is C21H30IN5. The Morgan fingerprint density at radius 1 is 1.07 bits per heavy atom. The fourth-order valence-corrected chi connectivity index (χ4v) is 3.41. The summed E-state index contributed by atoms with van der Waals surface area (Å²) >= 11 is 0. The topological polar surface area (TPSA) is 66.5 Å². The van der Waals surface area contributed by atoms with Crippen molar-refractivity contribution in [1.82, 2.24) is 4.98 Å². The second kappa shape index (κ2) is 10.5. The molecule has 27 heavy (non-hydrogen) atoms. The molecule has 1 aromatic carbocycles. The van der Waals surface area contributed by atoms with E-state index in [0.29, 0.717) is 12.5 Å². The van der Waals surface area contributed by atoms with Gasteiger partial charge in [0, 0.05) is 25.0 Å². The number of hydrogen-bond acceptors (Lipinski definition) is 3. The molecule has 2 heterocycles. The fraction of sp³-hybridized carbons (Fsp3) is 0.429. The van der Waals surface area contributed by atoms with Crippen molar-refractivity contribution in [2.45, 2.75) is 46.1 Å². The average Bonchev–Trinajstić information content (AvgIpc) is 2.89. The van der Waals surface area contributed by atoms with Gasteiger partial charge in [-0.3, -0.25) is 0 Å². The number of hydrogen-bond donors (Lipinski definition) is 2. The van der Waals surface area contributed by atoms with Gasteiger partial charge in [-0.1, -0.05) is 25.0 Å². The maximum Gasteiger partial charge on any atom is 0.193 e. The van der Waals surface area contributed by atoms with Crippen molar-refractivity contribution in [2.24, 2.45) is 10.7 Å². The van der Waals surface area contributed by atoms with Crippen molar-refractivity contribution in [2.75, 3.05) is 23.3 Å². The van der Waals surface area contributed by atoms with E-state index in [-0.39, 0.29) is 24.0 Å². The maximum atomic E-state index is 6.03. The van der Waals surface area contributed by atoms with Crippen LogP contribution in [-0.4, -0.2) is 24.0 Å². The SMILES string of the molecule is Cc1cc(C)cc(NC(N)=NCc2ccc(N3CCCCCC3)nc2)c1.I. The average molecular weight is 479 g/mol. The minimum atomic E-state index is 0. The van der Waals surface area contributed by atoms with Crippen LogP contribution < -0.4 is 16.0 Å². The number of nitrogens with two attached hydrogens (primary N) is 1. The molecule has 2 aromatic rings. The number of anilines is 2. The summed E-state index contributed by atoms with van der Waals surface area (Å²) in [5.41, 5.74) is 10.5. The maximum absolute atomic E-state index is 6.03. The van der Waals surface area contributed by atoms with Crippen LogP contribution >= 0.6 is 24.0 Å². The number of halogens is 1. The smallest absolute Gasteiger partial charge is 0.193 e. The molecule has 0 amide bonds. The van der Waals surface area contributed by atoms with Gasteiger partial charge in [0.15, 0.2) is 5.96 Å². The van der Waals surface area contributed by atoms with Gasteiger partial charge in [0.2, 0.25) is 0 Å². The van der Waals surface area contributed by atoms with Crippen molar-refractivity contribution < 1.29 is 0 Å². The van der Waals surface area contributed by atoms with Crippen LogP contribution in [-0.2, 0) is 6.54 Å². The number of aliphatic imine (C=N–C) groups is 1. The summed E-state index contributed by atoms with van der Waals surface area (Å²) in [6.07, 6.45) is 7.09. The van der Waals surface area contributed by atoms with E-state index in [0.717, 1.165) is 30.2 Å². The molecule has 1 aromatic heterocycles. The van der Waals surface area contributed by atoms with Gasteiger partial charge in [0.05, 0.1) is 6.54 Å². The Morgan fingerprint density at radius 3 is 2.33 bits per heavy atom. The van der Waals surface area contributed by atoms with Crippen LogP contribution in [0.3, 0.4) is 0 Å². The van der Waals surface area contributed by atoms with Gasteiger partial charge in [0.25, 0.3) is 0 Å². The predicted octanol–water partition coefficient (Wildman–Crippen LogP) is 4.62. The second-order valence-electron chi connectivity index (χ2n) is 7.13. The van der Waals surface area contributed by atoms with Gasteiger partial charge in [0.1, 0.15) is 5.82 Å². The number of rotatable bonds is 4. The Morgan fingerprint density at radius 2 is 1.74 bits per heavy atom. The van der Waals surface area contributed by atoms with E-state index in [2.05, 4.69) is 64.4 Å². The van der Waals surface area contributed by atoms with Crippen LogP contribution in [0.25, 0.3) is 0 Å². The first-order valence-corrected chi connectivity index (χ1v) is 9.45. The zero-order valence-electron chi connectivity index (χ0n) is 16.2. The molecule has 0 atom stereocenters. The van der Waals surface area contributed by atoms with Crippen LogP contribution in [0.1, 0.15) is 42.4 Å². The summed E-state index contributed by atoms with van der Waals surface area (Å²) < 4.78 is 0. The standard InChI is InChI=1S/C21H29N5.HI/c1-16-11-17(2)13-19(12-16)25-21(22)24-15-18-7-8-20(23-14-18)26-9-5-3-4-6-10-26;/h7-8,11-14H,3-6,9-10,15H2,1-2H3,(H3,22,24,25);1H. The zero-order chi connectivity index (χ0) is 18.4. The zero-order valence-corrected chi connectivity index (χ0v) is 18.6. The van der Waals surface area contributed by atoms with E-state index in [4.69, 9.17) is 5.73 Å². The quantitative estimate of drug-likeness (QED) is 0.382. The lowest BCUT2D eigenvalue weighted by Crippen LogP contribution is -2.24. The first kappa shape index (κ1) is 21.5. The van der Waals surface area contributed by atoms with Crippen LogP contribution in [0.4, 0.5) is 11.5 Å². The van der Waals surface area contributed by atoms with Gasteiger partial charge in [-0.2, -0.15) is 0 Å². The molecule has 0 saturated carbocycles. The molecule has 5 nitrogen and oxygen atoms in total. The molecule has 0 spiro atoms. The summed E-state index contributed by atoms with van der Waals surface area (Å²) in [6, 6.07) is 10.5. The molecule has 1 fully saturated rings. The Labute approximate surface area is 179 Å². The van der Waals surface area contributed by atoms with Crippen molar-refractivity contribution in [3.63, 3.8) is 0 Å². The predicted molar refractivity (Wildman–Crippen MR) is 125 cm³/mol. The highest BCUT2D eigenvalue weighted by Gasteiger charge is 2.10. The normalized spacial score (nSPS) is 15.0. The van der Waals surface area contributed by atoms with E-state index < -0.39 is 0 Å². The Balaban J connectivity index is 0.00000261. The van der Waals surface area contributed by atoms with Crippen LogP contribution in [0.5, 0.6) is 0 Å². The van der Waals surface area contributed by atoms with Gasteiger partial charge in [-0.25, -0.2) is 9.98 Å². The molecule has 0 bridgehead atoms. The molecule has 3 N–H and O–H groups in total. The summed E-state index contributed by atoms with van der Waals surface area (Å²) in [6.45, 7) is 6.89. The van der Waals surface area contributed by atoms with Crippen LogP contribution in [0, 0.1) is 13.8 Å². The molecule has 1 aliphatic heterocycles. The van der Waals surface area contributed by atoms with Gasteiger partial charge in [-0.15, -0.1) is 24.0 Å². The first-order valence-electron chi connectivity index (χ1n) is 9.45. The van der Waals surface area contributed by atoms with E-state index in [1.807, 2.05) is 6.20 Å². The second-order valence-corrected chi connectivity index (χ2v) is 7.13. The third kappa shape index (κ3) is 6.68. The molecule has 6 heteroatoms. The Bertz CT molecular complexity index is 729. The largest absolute Gasteiger partial charge is 0.370 e. The molecule has 0 aliphatic carbocycles. The number of pyridine rings is 1. The van der Waals surface area contributed by atoms with Crippen molar-refractivity contribution >= 4 is 41.4 Å². The van der Waals surface area contributed by atoms with E-state index in [9.17, 15) is 0 Å². The van der Waals surface area contributed by atoms with E-state index in [1.165, 1.54) is 36.8 Å². The number of aromatic nitrogens is 1. The Hall–Kier alpha value is -1.83. The number of nitrogens with zero attached hydrogens (tertiary/aromatic N) is 3. The number of benzene rings is 1. The van der Waals surface area contributed by atoms with Crippen LogP contribution in [0.2, 0.25) is 0 Å². The lowest BCUT2D eigenvalue weighted by molar-refractivity contribution is 0.726. The molecular weight excluding hydrogens is 449 g/mol. The van der Waals surface area contributed by atoms with E-state index in [1.54, 1.807) is 0 Å². The molecule has 1 aliphatic rings. The molecule has 0 radical (unpaired) electrons. The summed E-state index contributed by atoms with van der Waals surface area (Å²) in [4.78, 5) is 11.4. The highest BCUT2D eigenvalue weighted by Crippen LogP contribution is 2.18.